The lowest BCUT2D eigenvalue weighted by Gasteiger charge is -2.08. The first-order valence-corrected chi connectivity index (χ1v) is 6.37. The second-order valence-corrected chi connectivity index (χ2v) is 4.36. The molecule has 0 unspecified atom stereocenters. The number of imidazole rings is 1. The Morgan fingerprint density at radius 3 is 2.71 bits per heavy atom. The number of ether oxygens (including phenoxy) is 1. The molecule has 7 nitrogen and oxygen atoms in total. The minimum absolute atomic E-state index is 0.0545. The molecule has 110 valence electrons. The van der Waals surface area contributed by atoms with E-state index in [0.717, 1.165) is 0 Å². The highest BCUT2D eigenvalue weighted by molar-refractivity contribution is 5.94. The number of hydrogen-bond donors (Lipinski definition) is 2. The first-order chi connectivity index (χ1) is 9.95. The summed E-state index contributed by atoms with van der Waals surface area (Å²) in [4.78, 5) is 27.2. The number of primary amides is 1. The van der Waals surface area contributed by atoms with Gasteiger partial charge in [-0.25, -0.2) is 9.78 Å². The fourth-order valence-electron chi connectivity index (χ4n) is 2.02. The van der Waals surface area contributed by atoms with Crippen LogP contribution in [-0.2, 0) is 4.74 Å². The number of nitrogens with zero attached hydrogens (tertiary/aromatic N) is 2. The largest absolute Gasteiger partial charge is 0.461 e. The summed E-state index contributed by atoms with van der Waals surface area (Å²) in [6.45, 7) is 3.64. The van der Waals surface area contributed by atoms with Crippen LogP contribution in [0.5, 0.6) is 0 Å². The number of nitrogen functional groups attached to an aromatic ring is 1. The van der Waals surface area contributed by atoms with Gasteiger partial charge in [0.2, 0.25) is 5.91 Å². The molecule has 2 rings (SSSR count). The molecule has 0 atom stereocenters. The SMILES string of the molecule is CCOC(=O)c1nc(C)n(-c2cccc(C(N)=O)c2)c1N. The lowest BCUT2D eigenvalue weighted by molar-refractivity contribution is 0.0521. The van der Waals surface area contributed by atoms with Crippen LogP contribution in [0.1, 0.15) is 33.6 Å². The number of carbonyl (C=O) groups excluding carboxylic acids is 2. The summed E-state index contributed by atoms with van der Waals surface area (Å²) in [5, 5.41) is 0. The van der Waals surface area contributed by atoms with Crippen LogP contribution in [0.25, 0.3) is 5.69 Å². The number of esters is 1. The molecule has 21 heavy (non-hydrogen) atoms. The normalized spacial score (nSPS) is 10.4. The van der Waals surface area contributed by atoms with Crippen LogP contribution in [0, 0.1) is 6.92 Å². The zero-order valence-corrected chi connectivity index (χ0v) is 11.8. The topological polar surface area (TPSA) is 113 Å². The van der Waals surface area contributed by atoms with Crippen molar-refractivity contribution >= 4 is 17.7 Å². The molecule has 0 saturated carbocycles. The maximum absolute atomic E-state index is 11.8. The third-order valence-corrected chi connectivity index (χ3v) is 2.94. The molecule has 0 saturated heterocycles. The number of benzene rings is 1. The molecule has 0 spiro atoms. The number of hydrogen-bond acceptors (Lipinski definition) is 5. The van der Waals surface area contributed by atoms with Gasteiger partial charge in [-0.05, 0) is 32.0 Å². The van der Waals surface area contributed by atoms with Crippen LogP contribution in [0.2, 0.25) is 0 Å². The van der Waals surface area contributed by atoms with Crippen molar-refractivity contribution in [2.45, 2.75) is 13.8 Å². The number of aromatic nitrogens is 2. The summed E-state index contributed by atoms with van der Waals surface area (Å²) in [5.41, 5.74) is 12.2. The zero-order valence-electron chi connectivity index (χ0n) is 11.8. The molecule has 7 heteroatoms. The Balaban J connectivity index is 2.52. The number of nitrogens with two attached hydrogens (primary N) is 2. The highest BCUT2D eigenvalue weighted by Crippen LogP contribution is 2.22. The van der Waals surface area contributed by atoms with Gasteiger partial charge >= 0.3 is 5.97 Å². The fourth-order valence-corrected chi connectivity index (χ4v) is 2.02. The Hall–Kier alpha value is -2.83. The second-order valence-electron chi connectivity index (χ2n) is 4.36. The number of anilines is 1. The van der Waals surface area contributed by atoms with Crippen molar-refractivity contribution in [3.63, 3.8) is 0 Å². The number of amides is 1. The molecule has 0 aliphatic heterocycles. The van der Waals surface area contributed by atoms with E-state index < -0.39 is 11.9 Å². The van der Waals surface area contributed by atoms with Crippen LogP contribution < -0.4 is 11.5 Å². The smallest absolute Gasteiger partial charge is 0.360 e. The van der Waals surface area contributed by atoms with Crippen molar-refractivity contribution in [1.82, 2.24) is 9.55 Å². The van der Waals surface area contributed by atoms with Gasteiger partial charge in [-0.1, -0.05) is 6.07 Å². The Morgan fingerprint density at radius 2 is 2.10 bits per heavy atom. The van der Waals surface area contributed by atoms with E-state index in [1.165, 1.54) is 0 Å². The summed E-state index contributed by atoms with van der Waals surface area (Å²) < 4.78 is 6.47. The number of rotatable bonds is 4. The minimum Gasteiger partial charge on any atom is -0.461 e. The van der Waals surface area contributed by atoms with Crippen LogP contribution in [0.15, 0.2) is 24.3 Å². The standard InChI is InChI=1S/C14H16N4O3/c1-3-21-14(20)11-12(15)18(8(2)17-11)10-6-4-5-9(7-10)13(16)19/h4-7H,3,15H2,1-2H3,(H2,16,19). The van der Waals surface area contributed by atoms with Gasteiger partial charge in [0.25, 0.3) is 0 Å². The zero-order chi connectivity index (χ0) is 15.6. The van der Waals surface area contributed by atoms with E-state index in [4.69, 9.17) is 16.2 Å². The van der Waals surface area contributed by atoms with Gasteiger partial charge in [-0.15, -0.1) is 0 Å². The van der Waals surface area contributed by atoms with Crippen LogP contribution >= 0.6 is 0 Å². The number of carbonyl (C=O) groups is 2. The predicted molar refractivity (Wildman–Crippen MR) is 77.2 cm³/mol. The van der Waals surface area contributed by atoms with Gasteiger partial charge in [0, 0.05) is 11.3 Å². The van der Waals surface area contributed by atoms with E-state index in [0.29, 0.717) is 17.1 Å². The Bertz CT molecular complexity index is 706. The lowest BCUT2D eigenvalue weighted by Crippen LogP contribution is -2.12. The van der Waals surface area contributed by atoms with E-state index in [9.17, 15) is 9.59 Å². The molecule has 0 fully saturated rings. The van der Waals surface area contributed by atoms with E-state index in [1.54, 1.807) is 42.7 Å². The molecule has 0 radical (unpaired) electrons. The summed E-state index contributed by atoms with van der Waals surface area (Å²) in [6.07, 6.45) is 0. The third-order valence-electron chi connectivity index (χ3n) is 2.94. The van der Waals surface area contributed by atoms with E-state index in [2.05, 4.69) is 4.98 Å². The van der Waals surface area contributed by atoms with Crippen molar-refractivity contribution in [3.8, 4) is 5.69 Å². The molecule has 0 aliphatic rings. The first-order valence-electron chi connectivity index (χ1n) is 6.37. The van der Waals surface area contributed by atoms with Crippen molar-refractivity contribution in [3.05, 3.63) is 41.3 Å². The number of aryl methyl sites for hydroxylation is 1. The minimum atomic E-state index is -0.581. The van der Waals surface area contributed by atoms with Gasteiger partial charge in [0.1, 0.15) is 11.6 Å². The van der Waals surface area contributed by atoms with Crippen molar-refractivity contribution in [2.75, 3.05) is 12.3 Å². The van der Waals surface area contributed by atoms with Crippen molar-refractivity contribution < 1.29 is 14.3 Å². The van der Waals surface area contributed by atoms with Gasteiger partial charge in [0.15, 0.2) is 5.69 Å². The molecular formula is C14H16N4O3. The fraction of sp³-hybridized carbons (Fsp3) is 0.214. The van der Waals surface area contributed by atoms with Crippen LogP contribution in [0.3, 0.4) is 0 Å². The predicted octanol–water partition coefficient (Wildman–Crippen LogP) is 1.04. The van der Waals surface area contributed by atoms with E-state index in [-0.39, 0.29) is 18.1 Å². The quantitative estimate of drug-likeness (QED) is 0.816. The van der Waals surface area contributed by atoms with Gasteiger partial charge in [0.05, 0.1) is 6.61 Å². The van der Waals surface area contributed by atoms with Gasteiger partial charge in [-0.2, -0.15) is 0 Å². The lowest BCUT2D eigenvalue weighted by atomic mass is 10.2. The highest BCUT2D eigenvalue weighted by atomic mass is 16.5. The molecule has 0 bridgehead atoms. The molecule has 1 aromatic carbocycles. The molecule has 1 heterocycles. The second kappa shape index (κ2) is 5.66. The maximum atomic E-state index is 11.8. The maximum Gasteiger partial charge on any atom is 0.360 e. The average molecular weight is 288 g/mol. The Labute approximate surface area is 121 Å². The first kappa shape index (κ1) is 14.6. The van der Waals surface area contributed by atoms with E-state index >= 15 is 0 Å². The van der Waals surface area contributed by atoms with Gasteiger partial charge in [-0.3, -0.25) is 9.36 Å². The molecule has 0 aliphatic carbocycles. The molecular weight excluding hydrogens is 272 g/mol. The van der Waals surface area contributed by atoms with Crippen molar-refractivity contribution in [2.24, 2.45) is 5.73 Å². The van der Waals surface area contributed by atoms with E-state index in [1.807, 2.05) is 0 Å². The average Bonchev–Trinajstić information content (AvgIpc) is 2.74. The van der Waals surface area contributed by atoms with Crippen LogP contribution in [-0.4, -0.2) is 28.0 Å². The summed E-state index contributed by atoms with van der Waals surface area (Å²) in [6, 6.07) is 6.60. The molecule has 1 aromatic heterocycles. The third kappa shape index (κ3) is 2.71. The summed E-state index contributed by atoms with van der Waals surface area (Å²) in [5.74, 6) is -0.452. The summed E-state index contributed by atoms with van der Waals surface area (Å²) >= 11 is 0. The molecule has 2 aromatic rings. The van der Waals surface area contributed by atoms with Crippen LogP contribution in [0.4, 0.5) is 5.82 Å². The van der Waals surface area contributed by atoms with Gasteiger partial charge < -0.3 is 16.2 Å². The summed E-state index contributed by atoms with van der Waals surface area (Å²) in [7, 11) is 0. The highest BCUT2D eigenvalue weighted by Gasteiger charge is 2.20. The monoisotopic (exact) mass is 288 g/mol. The Kier molecular flexibility index (Phi) is 3.93. The molecule has 4 N–H and O–H groups in total. The van der Waals surface area contributed by atoms with Crippen molar-refractivity contribution in [1.29, 1.82) is 0 Å². The Morgan fingerprint density at radius 1 is 1.38 bits per heavy atom. The molecule has 1 amide bonds.